The highest BCUT2D eigenvalue weighted by molar-refractivity contribution is 6.37. The summed E-state index contributed by atoms with van der Waals surface area (Å²) in [6, 6.07) is 11.8. The Morgan fingerprint density at radius 2 is 1.88 bits per heavy atom. The average Bonchev–Trinajstić information content (AvgIpc) is 2.86. The second kappa shape index (κ2) is 11.3. The van der Waals surface area contributed by atoms with E-state index in [1.807, 2.05) is 6.92 Å². The number of hydrazone groups is 1. The van der Waals surface area contributed by atoms with Crippen molar-refractivity contribution in [1.29, 1.82) is 0 Å². The number of hydrogen-bond donors (Lipinski definition) is 1. The number of esters is 1. The molecule has 0 radical (unpaired) electrons. The van der Waals surface area contributed by atoms with E-state index in [4.69, 9.17) is 9.47 Å². The number of anilines is 1. The van der Waals surface area contributed by atoms with Crippen LogP contribution in [0.3, 0.4) is 0 Å². The number of alkyl halides is 1. The van der Waals surface area contributed by atoms with Gasteiger partial charge in [-0.25, -0.2) is 14.2 Å². The van der Waals surface area contributed by atoms with Crippen molar-refractivity contribution in [1.82, 2.24) is 5.01 Å². The van der Waals surface area contributed by atoms with Crippen LogP contribution in [0.4, 0.5) is 10.1 Å². The van der Waals surface area contributed by atoms with E-state index in [9.17, 15) is 18.8 Å². The van der Waals surface area contributed by atoms with Crippen molar-refractivity contribution in [3.8, 4) is 11.5 Å². The molecule has 1 unspecified atom stereocenters. The molecule has 0 aromatic heterocycles. The Bertz CT molecular complexity index is 1090. The summed E-state index contributed by atoms with van der Waals surface area (Å²) in [5, 5.41) is 8.47. The average molecular weight is 471 g/mol. The first-order valence-electron chi connectivity index (χ1n) is 10.6. The molecule has 180 valence electrons. The zero-order valence-electron chi connectivity index (χ0n) is 19.2. The van der Waals surface area contributed by atoms with Crippen LogP contribution in [0.1, 0.15) is 30.9 Å². The van der Waals surface area contributed by atoms with Gasteiger partial charge in [-0.1, -0.05) is 19.1 Å². The zero-order chi connectivity index (χ0) is 24.7. The van der Waals surface area contributed by atoms with Crippen molar-refractivity contribution in [3.63, 3.8) is 0 Å². The summed E-state index contributed by atoms with van der Waals surface area (Å²) >= 11 is 0. The van der Waals surface area contributed by atoms with Gasteiger partial charge in [-0.05, 0) is 42.3 Å². The van der Waals surface area contributed by atoms with E-state index < -0.39 is 18.7 Å². The Labute approximate surface area is 196 Å². The highest BCUT2D eigenvalue weighted by Gasteiger charge is 2.30. The summed E-state index contributed by atoms with van der Waals surface area (Å²) in [5.41, 5.74) is 2.69. The predicted molar refractivity (Wildman–Crippen MR) is 122 cm³/mol. The summed E-state index contributed by atoms with van der Waals surface area (Å²) in [6.45, 7) is 1.24. The Morgan fingerprint density at radius 1 is 1.15 bits per heavy atom. The Kier molecular flexibility index (Phi) is 8.18. The monoisotopic (exact) mass is 471 g/mol. The number of ether oxygens (including phenoxy) is 3. The molecule has 10 heteroatoms. The molecular formula is C24H26FN3O6. The molecule has 2 aromatic carbocycles. The van der Waals surface area contributed by atoms with Gasteiger partial charge >= 0.3 is 11.9 Å². The van der Waals surface area contributed by atoms with Crippen molar-refractivity contribution in [2.75, 3.05) is 26.4 Å². The molecule has 0 bridgehead atoms. The van der Waals surface area contributed by atoms with Crippen LogP contribution in [0, 0.1) is 5.92 Å². The number of hydrogen-bond acceptors (Lipinski definition) is 7. The molecule has 34 heavy (non-hydrogen) atoms. The molecule has 1 N–H and O–H groups in total. The number of halogens is 1. The Balaban J connectivity index is 1.82. The van der Waals surface area contributed by atoms with E-state index >= 15 is 0 Å². The lowest BCUT2D eigenvalue weighted by molar-refractivity contribution is -0.150. The fourth-order valence-electron chi connectivity index (χ4n) is 3.58. The molecular weight excluding hydrogens is 445 g/mol. The summed E-state index contributed by atoms with van der Waals surface area (Å²) in [4.78, 5) is 35.6. The number of carbonyl (C=O) groups excluding carboxylic acids is 3. The lowest BCUT2D eigenvalue weighted by Crippen LogP contribution is -2.36. The van der Waals surface area contributed by atoms with Crippen molar-refractivity contribution >= 4 is 29.2 Å². The molecule has 2 aromatic rings. The number of benzene rings is 2. The predicted octanol–water partition coefficient (Wildman–Crippen LogP) is 3.28. The van der Waals surface area contributed by atoms with Gasteiger partial charge in [-0.15, -0.1) is 0 Å². The minimum atomic E-state index is -0.990. The number of carbonyl (C=O) groups is 3. The first kappa shape index (κ1) is 24.7. The standard InChI is InChI=1S/C24H26FN3O6/c1-4-16-12-21(29)28(13-15-5-8-18(9-6-15)26-23(30)24(31)33-3)27-22(16)17-7-10-19(34-14-25)20(11-17)32-2/h5-11,16H,4,12-14H2,1-3H3,(H,26,30). The van der Waals surface area contributed by atoms with Crippen LogP contribution in [-0.4, -0.2) is 49.6 Å². The zero-order valence-corrected chi connectivity index (χ0v) is 19.2. The number of methoxy groups -OCH3 is 2. The molecule has 1 heterocycles. The molecule has 9 nitrogen and oxygen atoms in total. The van der Waals surface area contributed by atoms with Crippen LogP contribution in [0.2, 0.25) is 0 Å². The van der Waals surface area contributed by atoms with Gasteiger partial charge in [0.15, 0.2) is 11.5 Å². The molecule has 0 spiro atoms. The fraction of sp³-hybridized carbons (Fsp3) is 0.333. The van der Waals surface area contributed by atoms with E-state index in [0.29, 0.717) is 17.9 Å². The van der Waals surface area contributed by atoms with Crippen LogP contribution < -0.4 is 14.8 Å². The van der Waals surface area contributed by atoms with Crippen molar-refractivity contribution in [2.45, 2.75) is 26.3 Å². The second-order valence-corrected chi connectivity index (χ2v) is 7.51. The highest BCUT2D eigenvalue weighted by atomic mass is 19.1. The molecule has 0 saturated carbocycles. The minimum Gasteiger partial charge on any atom is -0.493 e. The lowest BCUT2D eigenvalue weighted by Gasteiger charge is -2.29. The normalized spacial score (nSPS) is 15.4. The summed E-state index contributed by atoms with van der Waals surface area (Å²) in [5.74, 6) is -1.39. The number of nitrogens with zero attached hydrogens (tertiary/aromatic N) is 2. The van der Waals surface area contributed by atoms with E-state index in [2.05, 4.69) is 15.2 Å². The third kappa shape index (κ3) is 5.69. The third-order valence-electron chi connectivity index (χ3n) is 5.40. The number of rotatable bonds is 8. The molecule has 3 rings (SSSR count). The van der Waals surface area contributed by atoms with Crippen LogP contribution in [0.5, 0.6) is 11.5 Å². The molecule has 0 aliphatic carbocycles. The van der Waals surface area contributed by atoms with Crippen molar-refractivity contribution in [2.24, 2.45) is 11.0 Å². The van der Waals surface area contributed by atoms with Crippen LogP contribution >= 0.6 is 0 Å². The van der Waals surface area contributed by atoms with Crippen molar-refractivity contribution in [3.05, 3.63) is 53.6 Å². The quantitative estimate of drug-likeness (QED) is 0.468. The number of nitrogens with one attached hydrogen (secondary N) is 1. The minimum absolute atomic E-state index is 0.0719. The van der Waals surface area contributed by atoms with Gasteiger partial charge in [0.2, 0.25) is 12.8 Å². The largest absolute Gasteiger partial charge is 0.493 e. The van der Waals surface area contributed by atoms with Crippen molar-refractivity contribution < 1.29 is 33.0 Å². The molecule has 0 fully saturated rings. The Hall–Kier alpha value is -3.95. The molecule has 0 saturated heterocycles. The van der Waals surface area contributed by atoms with Gasteiger partial charge in [-0.3, -0.25) is 9.59 Å². The lowest BCUT2D eigenvalue weighted by atomic mass is 9.89. The Morgan fingerprint density at radius 3 is 2.50 bits per heavy atom. The van der Waals surface area contributed by atoms with Gasteiger partial charge < -0.3 is 19.5 Å². The van der Waals surface area contributed by atoms with E-state index in [1.54, 1.807) is 42.5 Å². The smallest absolute Gasteiger partial charge is 0.396 e. The van der Waals surface area contributed by atoms with E-state index in [-0.39, 0.29) is 24.1 Å². The van der Waals surface area contributed by atoms with Gasteiger partial charge in [0.25, 0.3) is 0 Å². The second-order valence-electron chi connectivity index (χ2n) is 7.51. The maximum absolute atomic E-state index is 12.8. The van der Waals surface area contributed by atoms with Crippen LogP contribution in [0.25, 0.3) is 0 Å². The molecule has 1 aliphatic heterocycles. The maximum atomic E-state index is 12.8. The summed E-state index contributed by atoms with van der Waals surface area (Å²) in [6.07, 6.45) is 1.02. The van der Waals surface area contributed by atoms with Gasteiger partial charge in [0, 0.05) is 23.6 Å². The number of amides is 2. The summed E-state index contributed by atoms with van der Waals surface area (Å²) in [7, 11) is 2.60. The fourth-order valence-corrected chi connectivity index (χ4v) is 3.58. The first-order chi connectivity index (χ1) is 16.4. The molecule has 1 aliphatic rings. The highest BCUT2D eigenvalue weighted by Crippen LogP contribution is 2.32. The van der Waals surface area contributed by atoms with Gasteiger partial charge in [0.1, 0.15) is 0 Å². The van der Waals surface area contributed by atoms with Gasteiger partial charge in [0.05, 0.1) is 26.5 Å². The molecule has 2 amide bonds. The summed E-state index contributed by atoms with van der Waals surface area (Å²) < 4.78 is 27.3. The van der Waals surface area contributed by atoms with Gasteiger partial charge in [-0.2, -0.15) is 5.10 Å². The van der Waals surface area contributed by atoms with E-state index in [1.165, 1.54) is 12.1 Å². The third-order valence-corrected chi connectivity index (χ3v) is 5.40. The first-order valence-corrected chi connectivity index (χ1v) is 10.6. The SMILES string of the molecule is CCC1CC(=O)N(Cc2ccc(NC(=O)C(=O)OC)cc2)N=C1c1ccc(OCF)c(OC)c1. The van der Waals surface area contributed by atoms with E-state index in [0.717, 1.165) is 30.4 Å². The van der Waals surface area contributed by atoms with Crippen LogP contribution in [0.15, 0.2) is 47.6 Å². The maximum Gasteiger partial charge on any atom is 0.396 e. The van der Waals surface area contributed by atoms with Crippen LogP contribution in [-0.2, 0) is 25.7 Å². The molecule has 1 atom stereocenters. The topological polar surface area (TPSA) is 107 Å².